The number of hydrogen-bond donors (Lipinski definition) is 4. The zero-order valence-electron chi connectivity index (χ0n) is 18.8. The van der Waals surface area contributed by atoms with Crippen molar-refractivity contribution in [3.63, 3.8) is 0 Å². The van der Waals surface area contributed by atoms with Crippen molar-refractivity contribution in [3.8, 4) is 5.75 Å². The Morgan fingerprint density at radius 2 is 1.71 bits per heavy atom. The lowest BCUT2D eigenvalue weighted by Gasteiger charge is -2.32. The van der Waals surface area contributed by atoms with Gasteiger partial charge in [0.25, 0.3) is 0 Å². The standard InChI is InChI=1S/C21H32N4O6/c1-12(2)23-18(28)17(13-9-7-8-10-15(13)26)25(6)19(29)14(11-16(22)27)24-20(30)31-21(3,4)5/h7-10,12,14,17,26H,11H2,1-6H3,(H2,22,27)(H,23,28)(H,24,30). The molecule has 10 heteroatoms. The van der Waals surface area contributed by atoms with Crippen molar-refractivity contribution in [2.24, 2.45) is 5.73 Å². The lowest BCUT2D eigenvalue weighted by Crippen LogP contribution is -2.53. The lowest BCUT2D eigenvalue weighted by molar-refractivity contribution is -0.142. The molecule has 1 aromatic carbocycles. The fourth-order valence-electron chi connectivity index (χ4n) is 2.83. The molecule has 5 N–H and O–H groups in total. The number of phenols is 1. The van der Waals surface area contributed by atoms with Crippen molar-refractivity contribution < 1.29 is 29.0 Å². The van der Waals surface area contributed by atoms with Gasteiger partial charge < -0.3 is 31.1 Å². The van der Waals surface area contributed by atoms with Gasteiger partial charge in [-0.15, -0.1) is 0 Å². The summed E-state index contributed by atoms with van der Waals surface area (Å²) in [5.74, 6) is -2.30. The van der Waals surface area contributed by atoms with Crippen molar-refractivity contribution in [3.05, 3.63) is 29.8 Å². The number of para-hydroxylation sites is 1. The third-order valence-electron chi connectivity index (χ3n) is 4.04. The minimum atomic E-state index is -1.36. The van der Waals surface area contributed by atoms with E-state index in [1.165, 1.54) is 19.2 Å². The summed E-state index contributed by atoms with van der Waals surface area (Å²) in [7, 11) is 1.34. The molecule has 0 radical (unpaired) electrons. The Hall–Kier alpha value is -3.30. The van der Waals surface area contributed by atoms with Crippen LogP contribution in [0.3, 0.4) is 0 Å². The summed E-state index contributed by atoms with van der Waals surface area (Å²) >= 11 is 0. The van der Waals surface area contributed by atoms with Gasteiger partial charge in [0, 0.05) is 18.7 Å². The number of benzene rings is 1. The smallest absolute Gasteiger partial charge is 0.408 e. The molecule has 2 unspecified atom stereocenters. The average molecular weight is 437 g/mol. The van der Waals surface area contributed by atoms with Crippen LogP contribution in [-0.2, 0) is 19.1 Å². The second kappa shape index (κ2) is 10.6. The molecule has 0 aliphatic carbocycles. The highest BCUT2D eigenvalue weighted by Crippen LogP contribution is 2.29. The van der Waals surface area contributed by atoms with Crippen molar-refractivity contribution >= 4 is 23.8 Å². The Bertz CT molecular complexity index is 818. The van der Waals surface area contributed by atoms with Crippen LogP contribution >= 0.6 is 0 Å². The minimum Gasteiger partial charge on any atom is -0.508 e. The van der Waals surface area contributed by atoms with Crippen molar-refractivity contribution in [1.29, 1.82) is 0 Å². The monoisotopic (exact) mass is 436 g/mol. The second-order valence-electron chi connectivity index (χ2n) is 8.44. The van der Waals surface area contributed by atoms with Gasteiger partial charge in [0.2, 0.25) is 17.7 Å². The maximum atomic E-state index is 13.2. The van der Waals surface area contributed by atoms with Crippen molar-refractivity contribution in [1.82, 2.24) is 15.5 Å². The van der Waals surface area contributed by atoms with Crippen LogP contribution in [0, 0.1) is 0 Å². The molecule has 0 fully saturated rings. The topological polar surface area (TPSA) is 151 Å². The van der Waals surface area contributed by atoms with Crippen LogP contribution in [0.15, 0.2) is 24.3 Å². The van der Waals surface area contributed by atoms with Crippen LogP contribution in [0.2, 0.25) is 0 Å². The Kier molecular flexibility index (Phi) is 8.84. The molecule has 1 rings (SSSR count). The first kappa shape index (κ1) is 25.7. The van der Waals surface area contributed by atoms with Gasteiger partial charge in [0.1, 0.15) is 23.4 Å². The van der Waals surface area contributed by atoms with E-state index in [0.717, 1.165) is 4.90 Å². The van der Waals surface area contributed by atoms with E-state index >= 15 is 0 Å². The first-order valence-electron chi connectivity index (χ1n) is 9.85. The second-order valence-corrected chi connectivity index (χ2v) is 8.44. The Morgan fingerprint density at radius 3 is 2.19 bits per heavy atom. The zero-order valence-corrected chi connectivity index (χ0v) is 18.8. The molecule has 0 aliphatic rings. The molecule has 1 aromatic rings. The number of nitrogens with one attached hydrogen (secondary N) is 2. The molecule has 31 heavy (non-hydrogen) atoms. The number of amides is 4. The van der Waals surface area contributed by atoms with E-state index in [-0.39, 0.29) is 17.4 Å². The molecule has 10 nitrogen and oxygen atoms in total. The molecule has 0 spiro atoms. The number of likely N-dealkylation sites (N-methyl/N-ethyl adjacent to an activating group) is 1. The third-order valence-corrected chi connectivity index (χ3v) is 4.04. The van der Waals surface area contributed by atoms with Gasteiger partial charge >= 0.3 is 6.09 Å². The van der Waals surface area contributed by atoms with Crippen molar-refractivity contribution in [2.75, 3.05) is 7.05 Å². The first-order chi connectivity index (χ1) is 14.2. The number of carbonyl (C=O) groups excluding carboxylic acids is 4. The highest BCUT2D eigenvalue weighted by Gasteiger charge is 2.36. The first-order valence-corrected chi connectivity index (χ1v) is 9.85. The highest BCUT2D eigenvalue weighted by atomic mass is 16.6. The van der Waals surface area contributed by atoms with Crippen LogP contribution in [-0.4, -0.2) is 58.6 Å². The average Bonchev–Trinajstić information content (AvgIpc) is 2.59. The largest absolute Gasteiger partial charge is 0.508 e. The molecule has 2 atom stereocenters. The van der Waals surface area contributed by atoms with E-state index in [4.69, 9.17) is 10.5 Å². The maximum absolute atomic E-state index is 13.2. The number of carbonyl (C=O) groups is 4. The van der Waals surface area contributed by atoms with E-state index in [0.29, 0.717) is 0 Å². The van der Waals surface area contributed by atoms with Gasteiger partial charge in [0.05, 0.1) is 6.42 Å². The van der Waals surface area contributed by atoms with Crippen LogP contribution in [0.25, 0.3) is 0 Å². The molecule has 4 amide bonds. The molecule has 0 saturated carbocycles. The molecule has 0 bridgehead atoms. The predicted octanol–water partition coefficient (Wildman–Crippen LogP) is 1.18. The van der Waals surface area contributed by atoms with Crippen molar-refractivity contribution in [2.45, 2.75) is 64.8 Å². The van der Waals surface area contributed by atoms with Crippen LogP contribution in [0.1, 0.15) is 52.6 Å². The number of phenolic OH excluding ortho intramolecular Hbond substituents is 1. The Labute approximate surface area is 182 Å². The predicted molar refractivity (Wildman–Crippen MR) is 114 cm³/mol. The molecule has 0 saturated heterocycles. The van der Waals surface area contributed by atoms with Crippen LogP contribution in [0.5, 0.6) is 5.75 Å². The van der Waals surface area contributed by atoms with Crippen LogP contribution < -0.4 is 16.4 Å². The SMILES string of the molecule is CC(C)NC(=O)C(c1ccccc1O)N(C)C(=O)C(CC(N)=O)NC(=O)OC(C)(C)C. The number of nitrogens with two attached hydrogens (primary N) is 1. The summed E-state index contributed by atoms with van der Waals surface area (Å²) in [6.45, 7) is 8.44. The van der Waals surface area contributed by atoms with Gasteiger partial charge in [-0.25, -0.2) is 4.79 Å². The number of alkyl carbamates (subject to hydrolysis) is 1. The van der Waals surface area contributed by atoms with Gasteiger partial charge in [-0.1, -0.05) is 18.2 Å². The summed E-state index contributed by atoms with van der Waals surface area (Å²) in [5.41, 5.74) is 4.61. The normalized spacial score (nSPS) is 13.1. The van der Waals surface area contributed by atoms with E-state index in [2.05, 4.69) is 10.6 Å². The number of nitrogens with zero attached hydrogens (tertiary/aromatic N) is 1. The molecule has 0 aromatic heterocycles. The molecule has 0 aliphatic heterocycles. The summed E-state index contributed by atoms with van der Waals surface area (Å²) in [6.07, 6.45) is -1.41. The number of hydrogen-bond acceptors (Lipinski definition) is 6. The summed E-state index contributed by atoms with van der Waals surface area (Å²) in [4.78, 5) is 50.8. The van der Waals surface area contributed by atoms with E-state index in [1.807, 2.05) is 0 Å². The number of primary amides is 1. The Morgan fingerprint density at radius 1 is 1.13 bits per heavy atom. The van der Waals surface area contributed by atoms with Gasteiger partial charge in [-0.3, -0.25) is 14.4 Å². The number of ether oxygens (including phenoxy) is 1. The zero-order chi connectivity index (χ0) is 23.9. The molecular weight excluding hydrogens is 404 g/mol. The fourth-order valence-corrected chi connectivity index (χ4v) is 2.83. The molecular formula is C21H32N4O6. The number of aromatic hydroxyl groups is 1. The summed E-state index contributed by atoms with van der Waals surface area (Å²) < 4.78 is 5.15. The highest BCUT2D eigenvalue weighted by molar-refractivity contribution is 5.94. The fraction of sp³-hybridized carbons (Fsp3) is 0.524. The van der Waals surface area contributed by atoms with Gasteiger partial charge in [-0.05, 0) is 40.7 Å². The van der Waals surface area contributed by atoms with Crippen LogP contribution in [0.4, 0.5) is 4.79 Å². The number of rotatable bonds is 8. The van der Waals surface area contributed by atoms with Gasteiger partial charge in [0.15, 0.2) is 0 Å². The Balaban J connectivity index is 3.26. The quantitative estimate of drug-likeness (QED) is 0.480. The maximum Gasteiger partial charge on any atom is 0.408 e. The summed E-state index contributed by atoms with van der Waals surface area (Å²) in [5, 5.41) is 15.3. The van der Waals surface area contributed by atoms with E-state index in [9.17, 15) is 24.3 Å². The van der Waals surface area contributed by atoms with E-state index in [1.54, 1.807) is 46.8 Å². The summed E-state index contributed by atoms with van der Waals surface area (Å²) in [6, 6.07) is 3.29. The molecule has 0 heterocycles. The van der Waals surface area contributed by atoms with Gasteiger partial charge in [-0.2, -0.15) is 0 Å². The molecule has 172 valence electrons. The minimum absolute atomic E-state index is 0.183. The lowest BCUT2D eigenvalue weighted by atomic mass is 10.0. The third kappa shape index (κ3) is 8.15. The van der Waals surface area contributed by atoms with E-state index < -0.39 is 47.9 Å².